The zero-order valence-electron chi connectivity index (χ0n) is 7.20. The molecule has 0 saturated carbocycles. The third-order valence-electron chi connectivity index (χ3n) is 1.96. The maximum Gasteiger partial charge on any atom is 0.0654 e. The van der Waals surface area contributed by atoms with Gasteiger partial charge in [0.1, 0.15) is 0 Å². The zero-order chi connectivity index (χ0) is 9.42. The number of fused-ring (bicyclic) bond motifs is 1. The average Bonchev–Trinajstić information content (AvgIpc) is 2.53. The normalized spacial score (nSPS) is 10.8. The minimum Gasteiger partial charge on any atom is -0.398 e. The van der Waals surface area contributed by atoms with E-state index in [4.69, 9.17) is 11.5 Å². The molecule has 4 N–H and O–H groups in total. The topological polar surface area (TPSA) is 52.0 Å². The molecule has 0 aliphatic carbocycles. The third kappa shape index (κ3) is 1.26. The van der Waals surface area contributed by atoms with Gasteiger partial charge in [0.15, 0.2) is 0 Å². The van der Waals surface area contributed by atoms with Crippen molar-refractivity contribution in [3.63, 3.8) is 0 Å². The molecule has 2 nitrogen and oxygen atoms in total. The summed E-state index contributed by atoms with van der Waals surface area (Å²) in [6, 6.07) is 4.02. The van der Waals surface area contributed by atoms with Crippen molar-refractivity contribution in [1.82, 2.24) is 0 Å². The second-order valence-corrected chi connectivity index (χ2v) is 4.48. The molecule has 1 heterocycles. The van der Waals surface area contributed by atoms with Crippen LogP contribution in [-0.4, -0.2) is 6.26 Å². The molecular formula is C9H10N2S2. The number of thioether (sulfide) groups is 1. The van der Waals surface area contributed by atoms with Gasteiger partial charge in [0, 0.05) is 5.69 Å². The highest BCUT2D eigenvalue weighted by Gasteiger charge is 2.08. The minimum absolute atomic E-state index is 0.774. The molecule has 1 aromatic heterocycles. The lowest BCUT2D eigenvalue weighted by Crippen LogP contribution is -1.94. The molecule has 0 fully saturated rings. The summed E-state index contributed by atoms with van der Waals surface area (Å²) in [6.45, 7) is 0. The van der Waals surface area contributed by atoms with E-state index in [1.54, 1.807) is 23.1 Å². The smallest absolute Gasteiger partial charge is 0.0654 e. The van der Waals surface area contributed by atoms with E-state index >= 15 is 0 Å². The summed E-state index contributed by atoms with van der Waals surface area (Å²) < 4.78 is 1.14. The predicted octanol–water partition coefficient (Wildman–Crippen LogP) is 2.79. The lowest BCUT2D eigenvalue weighted by molar-refractivity contribution is 1.52. The van der Waals surface area contributed by atoms with Crippen LogP contribution in [0.3, 0.4) is 0 Å². The molecule has 0 aliphatic rings. The fourth-order valence-corrected chi connectivity index (χ4v) is 2.90. The third-order valence-corrected chi connectivity index (χ3v) is 3.79. The monoisotopic (exact) mass is 210 g/mol. The Morgan fingerprint density at radius 3 is 2.85 bits per heavy atom. The zero-order valence-corrected chi connectivity index (χ0v) is 8.84. The van der Waals surface area contributed by atoms with Gasteiger partial charge in [-0.2, -0.15) is 0 Å². The largest absolute Gasteiger partial charge is 0.398 e. The first kappa shape index (κ1) is 8.72. The molecule has 13 heavy (non-hydrogen) atoms. The van der Waals surface area contributed by atoms with Crippen LogP contribution in [0.4, 0.5) is 11.4 Å². The Labute approximate surface area is 84.9 Å². The number of rotatable bonds is 1. The average molecular weight is 210 g/mol. The SMILES string of the molecule is CSc1c(N)cc2ccsc2c1N. The number of nitrogens with two attached hydrogens (primary N) is 2. The van der Waals surface area contributed by atoms with Crippen molar-refractivity contribution in [2.45, 2.75) is 4.90 Å². The molecule has 0 bridgehead atoms. The van der Waals surface area contributed by atoms with Crippen molar-refractivity contribution in [3.8, 4) is 0 Å². The molecule has 2 rings (SSSR count). The van der Waals surface area contributed by atoms with Gasteiger partial charge in [-0.1, -0.05) is 0 Å². The van der Waals surface area contributed by atoms with Crippen LogP contribution in [0.1, 0.15) is 0 Å². The number of anilines is 2. The highest BCUT2D eigenvalue weighted by atomic mass is 32.2. The quantitative estimate of drug-likeness (QED) is 0.562. The molecule has 0 saturated heterocycles. The van der Waals surface area contributed by atoms with Crippen LogP contribution in [0.2, 0.25) is 0 Å². The molecule has 1 aromatic carbocycles. The number of nitrogen functional groups attached to an aromatic ring is 2. The Morgan fingerprint density at radius 1 is 1.38 bits per heavy atom. The summed E-state index contributed by atoms with van der Waals surface area (Å²) in [7, 11) is 0. The van der Waals surface area contributed by atoms with Crippen LogP contribution < -0.4 is 11.5 Å². The highest BCUT2D eigenvalue weighted by Crippen LogP contribution is 2.38. The Balaban J connectivity index is 2.85. The van der Waals surface area contributed by atoms with E-state index in [2.05, 4.69) is 0 Å². The number of benzene rings is 1. The molecule has 0 spiro atoms. The lowest BCUT2D eigenvalue weighted by Gasteiger charge is -2.06. The molecule has 0 unspecified atom stereocenters. The van der Waals surface area contributed by atoms with Crippen molar-refractivity contribution < 1.29 is 0 Å². The molecule has 2 aromatic rings. The first-order valence-corrected chi connectivity index (χ1v) is 5.93. The van der Waals surface area contributed by atoms with Crippen LogP contribution in [0.15, 0.2) is 22.4 Å². The summed E-state index contributed by atoms with van der Waals surface area (Å²) in [6.07, 6.45) is 1.99. The van der Waals surface area contributed by atoms with E-state index in [-0.39, 0.29) is 0 Å². The minimum atomic E-state index is 0.774. The predicted molar refractivity (Wildman–Crippen MR) is 62.4 cm³/mol. The molecule has 0 radical (unpaired) electrons. The van der Waals surface area contributed by atoms with E-state index in [0.717, 1.165) is 26.4 Å². The van der Waals surface area contributed by atoms with Crippen molar-refractivity contribution in [2.75, 3.05) is 17.7 Å². The first-order valence-electron chi connectivity index (χ1n) is 3.83. The van der Waals surface area contributed by atoms with Crippen molar-refractivity contribution in [3.05, 3.63) is 17.5 Å². The lowest BCUT2D eigenvalue weighted by atomic mass is 10.2. The Bertz CT molecular complexity index is 448. The number of thiophene rings is 1. The van der Waals surface area contributed by atoms with Crippen molar-refractivity contribution in [2.24, 2.45) is 0 Å². The van der Waals surface area contributed by atoms with Crippen LogP contribution in [-0.2, 0) is 0 Å². The number of hydrogen-bond donors (Lipinski definition) is 2. The summed E-state index contributed by atoms with van der Waals surface area (Å²) in [5, 5.41) is 3.17. The highest BCUT2D eigenvalue weighted by molar-refractivity contribution is 7.99. The second-order valence-electron chi connectivity index (χ2n) is 2.75. The van der Waals surface area contributed by atoms with Gasteiger partial charge < -0.3 is 11.5 Å². The summed E-state index contributed by atoms with van der Waals surface area (Å²) in [5.74, 6) is 0. The van der Waals surface area contributed by atoms with Gasteiger partial charge in [-0.25, -0.2) is 0 Å². The molecule has 0 aliphatic heterocycles. The van der Waals surface area contributed by atoms with Gasteiger partial charge in [0.25, 0.3) is 0 Å². The summed E-state index contributed by atoms with van der Waals surface area (Å²) >= 11 is 3.26. The molecule has 0 amide bonds. The van der Waals surface area contributed by atoms with Gasteiger partial charge in [0.2, 0.25) is 0 Å². The van der Waals surface area contributed by atoms with Crippen molar-refractivity contribution in [1.29, 1.82) is 0 Å². The van der Waals surface area contributed by atoms with E-state index in [1.165, 1.54) is 0 Å². The fourth-order valence-electron chi connectivity index (χ4n) is 1.37. The van der Waals surface area contributed by atoms with Crippen LogP contribution in [0.5, 0.6) is 0 Å². The van der Waals surface area contributed by atoms with Crippen LogP contribution in [0.25, 0.3) is 10.1 Å². The van der Waals surface area contributed by atoms with Gasteiger partial charge in [-0.05, 0) is 29.2 Å². The maximum atomic E-state index is 5.98. The molecule has 4 heteroatoms. The van der Waals surface area contributed by atoms with Crippen LogP contribution in [0, 0.1) is 0 Å². The molecule has 0 atom stereocenters. The van der Waals surface area contributed by atoms with Gasteiger partial charge >= 0.3 is 0 Å². The van der Waals surface area contributed by atoms with Crippen LogP contribution >= 0.6 is 23.1 Å². The number of hydrogen-bond acceptors (Lipinski definition) is 4. The standard InChI is InChI=1S/C9H10N2S2/c1-12-9-6(10)4-5-2-3-13-8(5)7(9)11/h2-4H,10-11H2,1H3. The van der Waals surface area contributed by atoms with E-state index in [0.29, 0.717) is 0 Å². The Kier molecular flexibility index (Phi) is 2.09. The summed E-state index contributed by atoms with van der Waals surface area (Å²) in [5.41, 5.74) is 13.4. The van der Waals surface area contributed by atoms with E-state index in [1.807, 2.05) is 23.8 Å². The van der Waals surface area contributed by atoms with Gasteiger partial charge in [-0.3, -0.25) is 0 Å². The first-order chi connectivity index (χ1) is 6.24. The fraction of sp³-hybridized carbons (Fsp3) is 0.111. The Morgan fingerprint density at radius 2 is 2.15 bits per heavy atom. The second kappa shape index (κ2) is 3.12. The molecular weight excluding hydrogens is 200 g/mol. The molecule has 68 valence electrons. The van der Waals surface area contributed by atoms with Crippen molar-refractivity contribution >= 4 is 44.6 Å². The maximum absolute atomic E-state index is 5.98. The summed E-state index contributed by atoms with van der Waals surface area (Å²) in [4.78, 5) is 0.995. The van der Waals surface area contributed by atoms with E-state index < -0.39 is 0 Å². The van der Waals surface area contributed by atoms with Gasteiger partial charge in [0.05, 0.1) is 15.3 Å². The Hall–Kier alpha value is -0.870. The van der Waals surface area contributed by atoms with Gasteiger partial charge in [-0.15, -0.1) is 23.1 Å². The van der Waals surface area contributed by atoms with E-state index in [9.17, 15) is 0 Å².